The molecule has 106 valence electrons. The first kappa shape index (κ1) is 13.2. The van der Waals surface area contributed by atoms with Gasteiger partial charge >= 0.3 is 0 Å². The number of nitrogens with one attached hydrogen (secondary N) is 1. The third-order valence-electron chi connectivity index (χ3n) is 4.17. The van der Waals surface area contributed by atoms with Crippen LogP contribution < -0.4 is 0 Å². The molecule has 1 aromatic heterocycles. The molecule has 1 amide bonds. The Hall–Kier alpha value is -1.84. The molecule has 1 fully saturated rings. The van der Waals surface area contributed by atoms with Gasteiger partial charge in [-0.25, -0.2) is 4.39 Å². The van der Waals surface area contributed by atoms with Crippen LogP contribution in [0.2, 0.25) is 0 Å². The van der Waals surface area contributed by atoms with Crippen molar-refractivity contribution in [3.8, 4) is 0 Å². The first-order valence-corrected chi connectivity index (χ1v) is 7.28. The second-order valence-electron chi connectivity index (χ2n) is 5.47. The molecule has 1 saturated heterocycles. The van der Waals surface area contributed by atoms with Gasteiger partial charge < -0.3 is 9.88 Å². The summed E-state index contributed by atoms with van der Waals surface area (Å²) in [5.74, 6) is -0.243. The number of fused-ring (bicyclic) bond motifs is 1. The van der Waals surface area contributed by atoms with E-state index >= 15 is 0 Å². The first-order chi connectivity index (χ1) is 9.69. The number of hydrogen-bond donors (Lipinski definition) is 1. The number of carbonyl (C=O) groups is 1. The number of aromatic nitrogens is 1. The minimum atomic E-state index is -0.278. The number of halogens is 1. The number of nitrogens with zero attached hydrogens (tertiary/aromatic N) is 1. The van der Waals surface area contributed by atoms with Gasteiger partial charge in [-0.3, -0.25) is 4.79 Å². The summed E-state index contributed by atoms with van der Waals surface area (Å²) >= 11 is 0. The van der Waals surface area contributed by atoms with E-state index in [0.717, 1.165) is 36.7 Å². The number of likely N-dealkylation sites (tertiary alicyclic amines) is 1. The SMILES string of the molecule is CCC1CCCCN1C(=O)c1cc2cc(F)ccc2[nH]1. The number of benzene rings is 1. The van der Waals surface area contributed by atoms with Gasteiger partial charge in [-0.15, -0.1) is 0 Å². The molecule has 2 aromatic rings. The van der Waals surface area contributed by atoms with Crippen molar-refractivity contribution in [3.63, 3.8) is 0 Å². The summed E-state index contributed by atoms with van der Waals surface area (Å²) in [6, 6.07) is 6.62. The van der Waals surface area contributed by atoms with Gasteiger partial charge in [0.05, 0.1) is 0 Å². The van der Waals surface area contributed by atoms with Crippen molar-refractivity contribution in [1.82, 2.24) is 9.88 Å². The molecule has 3 rings (SSSR count). The Balaban J connectivity index is 1.91. The molecular weight excluding hydrogens is 255 g/mol. The zero-order valence-electron chi connectivity index (χ0n) is 11.7. The van der Waals surface area contributed by atoms with Crippen LogP contribution in [-0.2, 0) is 0 Å². The number of aromatic amines is 1. The van der Waals surface area contributed by atoms with Gasteiger partial charge in [0.2, 0.25) is 0 Å². The highest BCUT2D eigenvalue weighted by Gasteiger charge is 2.27. The molecule has 20 heavy (non-hydrogen) atoms. The van der Waals surface area contributed by atoms with Crippen LogP contribution in [0.25, 0.3) is 10.9 Å². The van der Waals surface area contributed by atoms with Gasteiger partial charge in [0.25, 0.3) is 5.91 Å². The van der Waals surface area contributed by atoms with E-state index in [2.05, 4.69) is 11.9 Å². The van der Waals surface area contributed by atoms with Crippen molar-refractivity contribution in [2.45, 2.75) is 38.6 Å². The Morgan fingerprint density at radius 3 is 3.05 bits per heavy atom. The molecule has 0 bridgehead atoms. The highest BCUT2D eigenvalue weighted by molar-refractivity contribution is 5.98. The molecule has 1 N–H and O–H groups in total. The lowest BCUT2D eigenvalue weighted by atomic mass is 9.99. The Morgan fingerprint density at radius 2 is 2.25 bits per heavy atom. The third kappa shape index (κ3) is 2.30. The zero-order valence-corrected chi connectivity index (χ0v) is 11.7. The molecular formula is C16H19FN2O. The summed E-state index contributed by atoms with van der Waals surface area (Å²) in [6.45, 7) is 2.94. The maximum absolute atomic E-state index is 13.2. The lowest BCUT2D eigenvalue weighted by molar-refractivity contribution is 0.0603. The lowest BCUT2D eigenvalue weighted by Gasteiger charge is -2.35. The third-order valence-corrected chi connectivity index (χ3v) is 4.17. The topological polar surface area (TPSA) is 36.1 Å². The maximum atomic E-state index is 13.2. The van der Waals surface area contributed by atoms with E-state index in [4.69, 9.17) is 0 Å². The van der Waals surface area contributed by atoms with E-state index in [1.807, 2.05) is 4.90 Å². The molecule has 1 aliphatic rings. The summed E-state index contributed by atoms with van der Waals surface area (Å²) in [7, 11) is 0. The Labute approximate surface area is 117 Å². The Bertz CT molecular complexity index is 634. The average molecular weight is 274 g/mol. The van der Waals surface area contributed by atoms with Crippen LogP contribution in [-0.4, -0.2) is 28.4 Å². The monoisotopic (exact) mass is 274 g/mol. The summed E-state index contributed by atoms with van der Waals surface area (Å²) in [5.41, 5.74) is 1.37. The van der Waals surface area contributed by atoms with Crippen LogP contribution in [0.3, 0.4) is 0 Å². The van der Waals surface area contributed by atoms with Crippen LogP contribution in [0.15, 0.2) is 24.3 Å². The number of amides is 1. The molecule has 0 saturated carbocycles. The molecule has 2 heterocycles. The van der Waals surface area contributed by atoms with Crippen LogP contribution >= 0.6 is 0 Å². The van der Waals surface area contributed by atoms with Crippen molar-refractivity contribution in [2.24, 2.45) is 0 Å². The van der Waals surface area contributed by atoms with Crippen molar-refractivity contribution in [2.75, 3.05) is 6.54 Å². The van der Waals surface area contributed by atoms with E-state index in [0.29, 0.717) is 11.7 Å². The predicted molar refractivity (Wildman–Crippen MR) is 77.2 cm³/mol. The normalized spacial score (nSPS) is 19.5. The van der Waals surface area contributed by atoms with Crippen molar-refractivity contribution in [3.05, 3.63) is 35.8 Å². The molecule has 0 aliphatic carbocycles. The summed E-state index contributed by atoms with van der Waals surface area (Å²) in [5, 5.41) is 0.749. The lowest BCUT2D eigenvalue weighted by Crippen LogP contribution is -2.43. The van der Waals surface area contributed by atoms with E-state index < -0.39 is 0 Å². The summed E-state index contributed by atoms with van der Waals surface area (Å²) < 4.78 is 13.2. The highest BCUT2D eigenvalue weighted by Crippen LogP contribution is 2.23. The molecule has 1 aliphatic heterocycles. The largest absolute Gasteiger partial charge is 0.351 e. The maximum Gasteiger partial charge on any atom is 0.270 e. The number of H-pyrrole nitrogens is 1. The standard InChI is InChI=1S/C16H19FN2O/c1-2-13-5-3-4-8-19(13)16(20)15-10-11-9-12(17)6-7-14(11)18-15/h6-7,9-10,13,18H,2-5,8H2,1H3. The van der Waals surface area contributed by atoms with Crippen LogP contribution in [0, 0.1) is 5.82 Å². The van der Waals surface area contributed by atoms with Crippen LogP contribution in [0.4, 0.5) is 4.39 Å². The predicted octanol–water partition coefficient (Wildman–Crippen LogP) is 3.71. The minimum absolute atomic E-state index is 0.0353. The molecule has 4 heteroatoms. The van der Waals surface area contributed by atoms with Gasteiger partial charge in [0, 0.05) is 23.5 Å². The number of rotatable bonds is 2. The number of piperidine rings is 1. The van der Waals surface area contributed by atoms with Gasteiger partial charge in [-0.05, 0) is 49.9 Å². The molecule has 1 atom stereocenters. The van der Waals surface area contributed by atoms with E-state index in [9.17, 15) is 9.18 Å². The summed E-state index contributed by atoms with van der Waals surface area (Å²) in [6.07, 6.45) is 4.33. The molecule has 1 unspecified atom stereocenters. The second-order valence-corrected chi connectivity index (χ2v) is 5.47. The Kier molecular flexibility index (Phi) is 3.47. The fraction of sp³-hybridized carbons (Fsp3) is 0.438. The molecule has 1 aromatic carbocycles. The van der Waals surface area contributed by atoms with E-state index in [-0.39, 0.29) is 11.7 Å². The van der Waals surface area contributed by atoms with Gasteiger partial charge in [0.1, 0.15) is 11.5 Å². The molecule has 3 nitrogen and oxygen atoms in total. The number of hydrogen-bond acceptors (Lipinski definition) is 1. The Morgan fingerprint density at radius 1 is 1.40 bits per heavy atom. The second kappa shape index (κ2) is 5.27. The minimum Gasteiger partial charge on any atom is -0.351 e. The zero-order chi connectivity index (χ0) is 14.1. The van der Waals surface area contributed by atoms with Crippen molar-refractivity contribution in [1.29, 1.82) is 0 Å². The fourth-order valence-electron chi connectivity index (χ4n) is 3.07. The quantitative estimate of drug-likeness (QED) is 0.890. The van der Waals surface area contributed by atoms with E-state index in [1.54, 1.807) is 12.1 Å². The van der Waals surface area contributed by atoms with Crippen LogP contribution in [0.5, 0.6) is 0 Å². The van der Waals surface area contributed by atoms with Gasteiger partial charge in [-0.1, -0.05) is 6.92 Å². The first-order valence-electron chi connectivity index (χ1n) is 7.28. The fourth-order valence-corrected chi connectivity index (χ4v) is 3.07. The van der Waals surface area contributed by atoms with Crippen molar-refractivity contribution >= 4 is 16.8 Å². The average Bonchev–Trinajstić information content (AvgIpc) is 2.89. The van der Waals surface area contributed by atoms with Crippen molar-refractivity contribution < 1.29 is 9.18 Å². The highest BCUT2D eigenvalue weighted by atomic mass is 19.1. The number of carbonyl (C=O) groups excluding carboxylic acids is 1. The molecule has 0 spiro atoms. The summed E-state index contributed by atoms with van der Waals surface area (Å²) in [4.78, 5) is 17.7. The van der Waals surface area contributed by atoms with Crippen LogP contribution in [0.1, 0.15) is 43.1 Å². The van der Waals surface area contributed by atoms with E-state index in [1.165, 1.54) is 18.6 Å². The van der Waals surface area contributed by atoms with Gasteiger partial charge in [0.15, 0.2) is 0 Å². The smallest absolute Gasteiger partial charge is 0.270 e. The van der Waals surface area contributed by atoms with Gasteiger partial charge in [-0.2, -0.15) is 0 Å². The molecule has 0 radical (unpaired) electrons.